The van der Waals surface area contributed by atoms with Gasteiger partial charge in [0.05, 0.1) is 5.60 Å². The van der Waals surface area contributed by atoms with E-state index in [1.165, 1.54) is 27.8 Å². The summed E-state index contributed by atoms with van der Waals surface area (Å²) in [6.45, 7) is 4.48. The smallest absolute Gasteiger partial charge is 0.410 e. The van der Waals surface area contributed by atoms with Gasteiger partial charge in [-0.05, 0) is 74.6 Å². The van der Waals surface area contributed by atoms with Crippen LogP contribution in [-0.4, -0.2) is 40.4 Å². The van der Waals surface area contributed by atoms with Crippen LogP contribution in [0.4, 0.5) is 4.79 Å². The monoisotopic (exact) mass is 431 g/mol. The van der Waals surface area contributed by atoms with Gasteiger partial charge in [-0.3, -0.25) is 0 Å². The lowest BCUT2D eigenvalue weighted by atomic mass is 9.74. The van der Waals surface area contributed by atoms with Crippen molar-refractivity contribution in [2.45, 2.75) is 76.0 Å². The van der Waals surface area contributed by atoms with Crippen LogP contribution < -0.4 is 0 Å². The molecule has 2 fully saturated rings. The molecule has 0 radical (unpaired) electrons. The lowest BCUT2D eigenvalue weighted by Gasteiger charge is -2.51. The molecule has 2 atom stereocenters. The Balaban J connectivity index is 1.31. The van der Waals surface area contributed by atoms with Crippen molar-refractivity contribution in [1.29, 1.82) is 0 Å². The van der Waals surface area contributed by atoms with Crippen LogP contribution >= 0.6 is 0 Å². The highest BCUT2D eigenvalue weighted by Crippen LogP contribution is 2.45. The van der Waals surface area contributed by atoms with Crippen molar-refractivity contribution in [2.75, 3.05) is 6.61 Å². The van der Waals surface area contributed by atoms with Crippen molar-refractivity contribution in [3.05, 3.63) is 71.3 Å². The lowest BCUT2D eigenvalue weighted by molar-refractivity contribution is -0.0827. The number of piperidine rings is 2. The number of hydrogen-bond donors (Lipinski definition) is 1. The van der Waals surface area contributed by atoms with E-state index in [4.69, 9.17) is 4.74 Å². The van der Waals surface area contributed by atoms with E-state index in [-0.39, 0.29) is 24.1 Å². The minimum absolute atomic E-state index is 0.0636. The lowest BCUT2D eigenvalue weighted by Crippen LogP contribution is -2.59. The Morgan fingerprint density at radius 2 is 1.59 bits per heavy atom. The molecule has 4 heteroatoms. The number of rotatable bonds is 4. The molecule has 2 aromatic rings. The Labute approximate surface area is 190 Å². The standard InChI is InChI=1S/C28H33NO3/c1-19(2)14-15-28(31)16-20-8-7-9-21(17-28)29(20)27(30)32-18-26-24-12-5-3-10-22(24)23-11-4-6-13-25(23)26/h3-6,10-14,20-21,26,31H,7-9,15-18H2,1-2H3. The molecule has 5 rings (SSSR count). The number of amides is 1. The maximum atomic E-state index is 13.3. The molecule has 0 aromatic heterocycles. The Kier molecular flexibility index (Phi) is 5.58. The van der Waals surface area contributed by atoms with Crippen LogP contribution in [0.15, 0.2) is 60.2 Å². The fourth-order valence-corrected chi connectivity index (χ4v) is 6.05. The Bertz CT molecular complexity index is 979. The van der Waals surface area contributed by atoms with Crippen molar-refractivity contribution in [3.8, 4) is 11.1 Å². The quantitative estimate of drug-likeness (QED) is 0.601. The van der Waals surface area contributed by atoms with Crippen LogP contribution in [0.25, 0.3) is 11.1 Å². The first kappa shape index (κ1) is 21.3. The Morgan fingerprint density at radius 1 is 1.03 bits per heavy atom. The summed E-state index contributed by atoms with van der Waals surface area (Å²) >= 11 is 0. The predicted octanol–water partition coefficient (Wildman–Crippen LogP) is 6.04. The number of ether oxygens (including phenoxy) is 1. The van der Waals surface area contributed by atoms with E-state index in [1.807, 2.05) is 4.90 Å². The first-order chi connectivity index (χ1) is 15.5. The van der Waals surface area contributed by atoms with Crippen molar-refractivity contribution in [2.24, 2.45) is 0 Å². The molecule has 2 aromatic carbocycles. The number of carbonyl (C=O) groups excluding carboxylic acids is 1. The first-order valence-corrected chi connectivity index (χ1v) is 11.9. The summed E-state index contributed by atoms with van der Waals surface area (Å²) in [5.41, 5.74) is 5.45. The second-order valence-corrected chi connectivity index (χ2v) is 10.1. The van der Waals surface area contributed by atoms with Gasteiger partial charge in [0.2, 0.25) is 0 Å². The molecule has 1 aliphatic carbocycles. The molecule has 168 valence electrons. The van der Waals surface area contributed by atoms with Gasteiger partial charge in [-0.1, -0.05) is 60.2 Å². The number of carbonyl (C=O) groups is 1. The van der Waals surface area contributed by atoms with Crippen LogP contribution in [0.3, 0.4) is 0 Å². The first-order valence-electron chi connectivity index (χ1n) is 11.9. The number of fused-ring (bicyclic) bond motifs is 5. The average Bonchev–Trinajstić information content (AvgIpc) is 3.09. The van der Waals surface area contributed by atoms with Crippen LogP contribution in [0.2, 0.25) is 0 Å². The van der Waals surface area contributed by atoms with Crippen molar-refractivity contribution in [1.82, 2.24) is 4.90 Å². The summed E-state index contributed by atoms with van der Waals surface area (Å²) in [5.74, 6) is 0.0746. The van der Waals surface area contributed by atoms with Gasteiger partial charge in [0.15, 0.2) is 0 Å². The van der Waals surface area contributed by atoms with Gasteiger partial charge in [-0.15, -0.1) is 0 Å². The molecule has 4 nitrogen and oxygen atoms in total. The summed E-state index contributed by atoms with van der Waals surface area (Å²) in [6.07, 6.45) is 6.84. The van der Waals surface area contributed by atoms with Crippen molar-refractivity contribution in [3.63, 3.8) is 0 Å². The van der Waals surface area contributed by atoms with Crippen molar-refractivity contribution >= 4 is 6.09 Å². The SMILES string of the molecule is CC(C)=CCC1(O)CC2CCCC(C1)N2C(=O)OCC1c2ccccc2-c2ccccc21. The second kappa shape index (κ2) is 8.40. The topological polar surface area (TPSA) is 49.8 Å². The number of nitrogens with zero attached hydrogens (tertiary/aromatic N) is 1. The molecule has 2 bridgehead atoms. The van der Waals surface area contributed by atoms with E-state index in [0.29, 0.717) is 25.9 Å². The van der Waals surface area contributed by atoms with Gasteiger partial charge < -0.3 is 14.7 Å². The maximum absolute atomic E-state index is 13.3. The summed E-state index contributed by atoms with van der Waals surface area (Å²) in [5, 5.41) is 11.2. The van der Waals surface area contributed by atoms with Crippen molar-refractivity contribution < 1.29 is 14.6 Å². The van der Waals surface area contributed by atoms with Gasteiger partial charge in [0.1, 0.15) is 6.61 Å². The Hall–Kier alpha value is -2.59. The molecular weight excluding hydrogens is 398 g/mol. The largest absolute Gasteiger partial charge is 0.448 e. The molecule has 1 N–H and O–H groups in total. The molecule has 2 unspecified atom stereocenters. The van der Waals surface area contributed by atoms with Gasteiger partial charge in [0.25, 0.3) is 0 Å². The molecule has 0 spiro atoms. The third-order valence-corrected chi connectivity index (χ3v) is 7.53. The van der Waals surface area contributed by atoms with Crippen LogP contribution in [-0.2, 0) is 4.74 Å². The van der Waals surface area contributed by atoms with E-state index in [0.717, 1.165) is 19.3 Å². The van der Waals surface area contributed by atoms with E-state index >= 15 is 0 Å². The normalized spacial score (nSPS) is 26.3. The number of benzene rings is 2. The minimum Gasteiger partial charge on any atom is -0.448 e. The molecule has 1 amide bonds. The predicted molar refractivity (Wildman–Crippen MR) is 127 cm³/mol. The third kappa shape index (κ3) is 3.86. The fraction of sp³-hybridized carbons (Fsp3) is 0.464. The molecular formula is C28H33NO3. The highest BCUT2D eigenvalue weighted by atomic mass is 16.6. The zero-order chi connectivity index (χ0) is 22.3. The maximum Gasteiger partial charge on any atom is 0.410 e. The molecule has 32 heavy (non-hydrogen) atoms. The minimum atomic E-state index is -0.715. The van der Waals surface area contributed by atoms with E-state index in [2.05, 4.69) is 68.5 Å². The summed E-state index contributed by atoms with van der Waals surface area (Å²) in [7, 11) is 0. The molecule has 2 heterocycles. The van der Waals surface area contributed by atoms with Gasteiger partial charge >= 0.3 is 6.09 Å². The molecule has 2 aliphatic heterocycles. The zero-order valence-electron chi connectivity index (χ0n) is 19.1. The van der Waals surface area contributed by atoms with Crippen LogP contribution in [0, 0.1) is 0 Å². The summed E-state index contributed by atoms with van der Waals surface area (Å²) in [4.78, 5) is 15.2. The number of allylic oxidation sites excluding steroid dienone is 1. The van der Waals surface area contributed by atoms with Crippen LogP contribution in [0.5, 0.6) is 0 Å². The fourth-order valence-electron chi connectivity index (χ4n) is 6.05. The van der Waals surface area contributed by atoms with E-state index < -0.39 is 5.60 Å². The highest BCUT2D eigenvalue weighted by Gasteiger charge is 2.47. The second-order valence-electron chi connectivity index (χ2n) is 10.1. The Morgan fingerprint density at radius 3 is 2.16 bits per heavy atom. The molecule has 0 saturated carbocycles. The number of aliphatic hydroxyl groups is 1. The zero-order valence-corrected chi connectivity index (χ0v) is 19.1. The van der Waals surface area contributed by atoms with E-state index in [9.17, 15) is 9.90 Å². The highest BCUT2D eigenvalue weighted by molar-refractivity contribution is 5.79. The average molecular weight is 432 g/mol. The van der Waals surface area contributed by atoms with Gasteiger partial charge in [0, 0.05) is 18.0 Å². The van der Waals surface area contributed by atoms with Crippen LogP contribution in [0.1, 0.15) is 69.4 Å². The third-order valence-electron chi connectivity index (χ3n) is 7.53. The van der Waals surface area contributed by atoms with E-state index in [1.54, 1.807) is 0 Å². The van der Waals surface area contributed by atoms with Gasteiger partial charge in [-0.2, -0.15) is 0 Å². The summed E-state index contributed by atoms with van der Waals surface area (Å²) < 4.78 is 5.98. The summed E-state index contributed by atoms with van der Waals surface area (Å²) in [6, 6.07) is 17.0. The molecule has 3 aliphatic rings. The van der Waals surface area contributed by atoms with Gasteiger partial charge in [-0.25, -0.2) is 4.79 Å². The number of hydrogen-bond acceptors (Lipinski definition) is 3. The molecule has 2 saturated heterocycles.